The molecular weight excluding hydrogens is 421 g/mol. The number of sulfonamides is 1. The van der Waals surface area contributed by atoms with E-state index in [1.165, 1.54) is 12.1 Å². The van der Waals surface area contributed by atoms with Gasteiger partial charge in [-0.15, -0.1) is 13.2 Å². The molecule has 0 aliphatic heterocycles. The number of alkyl halides is 3. The van der Waals surface area contributed by atoms with Crippen LogP contribution in [0.5, 0.6) is 5.75 Å². The van der Waals surface area contributed by atoms with Crippen molar-refractivity contribution in [1.29, 1.82) is 0 Å². The molecule has 1 atom stereocenters. The van der Waals surface area contributed by atoms with E-state index in [-0.39, 0.29) is 23.6 Å². The summed E-state index contributed by atoms with van der Waals surface area (Å²) >= 11 is 0. The van der Waals surface area contributed by atoms with Crippen molar-refractivity contribution in [2.24, 2.45) is 0 Å². The first-order chi connectivity index (χ1) is 13.9. The Labute approximate surface area is 173 Å². The second kappa shape index (κ2) is 9.48. The van der Waals surface area contributed by atoms with E-state index in [2.05, 4.69) is 14.8 Å². The maximum Gasteiger partial charge on any atom is 0.573 e. The highest BCUT2D eigenvalue weighted by Crippen LogP contribution is 2.24. The minimum Gasteiger partial charge on any atom is -0.406 e. The topological polar surface area (TPSA) is 84.5 Å². The molecule has 1 unspecified atom stereocenters. The molecule has 0 heterocycles. The van der Waals surface area contributed by atoms with Crippen molar-refractivity contribution in [3.8, 4) is 5.75 Å². The molecule has 2 aromatic rings. The number of amides is 1. The minimum atomic E-state index is -4.77. The molecule has 0 bridgehead atoms. The van der Waals surface area contributed by atoms with Crippen molar-refractivity contribution in [1.82, 2.24) is 10.0 Å². The van der Waals surface area contributed by atoms with E-state index in [9.17, 15) is 26.4 Å². The third-order valence-electron chi connectivity index (χ3n) is 4.27. The molecule has 2 rings (SSSR count). The predicted octanol–water partition coefficient (Wildman–Crippen LogP) is 3.75. The molecule has 0 aliphatic carbocycles. The van der Waals surface area contributed by atoms with Crippen LogP contribution in [-0.4, -0.2) is 27.2 Å². The van der Waals surface area contributed by atoms with Gasteiger partial charge < -0.3 is 10.1 Å². The molecule has 10 heteroatoms. The van der Waals surface area contributed by atoms with E-state index in [4.69, 9.17) is 0 Å². The van der Waals surface area contributed by atoms with Crippen molar-refractivity contribution < 1.29 is 31.1 Å². The molecule has 30 heavy (non-hydrogen) atoms. The molecule has 164 valence electrons. The monoisotopic (exact) mass is 444 g/mol. The van der Waals surface area contributed by atoms with Crippen molar-refractivity contribution in [3.05, 3.63) is 59.2 Å². The second-order valence-electron chi connectivity index (χ2n) is 6.82. The molecule has 2 N–H and O–H groups in total. The van der Waals surface area contributed by atoms with Gasteiger partial charge in [-0.05, 0) is 55.7 Å². The van der Waals surface area contributed by atoms with Gasteiger partial charge in [0.25, 0.3) is 0 Å². The summed E-state index contributed by atoms with van der Waals surface area (Å²) in [5.41, 5.74) is 1.98. The van der Waals surface area contributed by atoms with Crippen LogP contribution in [0.25, 0.3) is 0 Å². The Morgan fingerprint density at radius 2 is 1.73 bits per heavy atom. The average molecular weight is 444 g/mol. The predicted molar refractivity (Wildman–Crippen MR) is 105 cm³/mol. The minimum absolute atomic E-state index is 0.0906. The van der Waals surface area contributed by atoms with Crippen LogP contribution in [0.2, 0.25) is 0 Å². The summed E-state index contributed by atoms with van der Waals surface area (Å²) in [6.07, 6.45) is -4.87. The number of hydrogen-bond acceptors (Lipinski definition) is 4. The molecule has 0 spiro atoms. The van der Waals surface area contributed by atoms with E-state index in [0.29, 0.717) is 11.1 Å². The fraction of sp³-hybridized carbons (Fsp3) is 0.350. The summed E-state index contributed by atoms with van der Waals surface area (Å²) in [5, 5.41) is 2.67. The number of ether oxygens (including phenoxy) is 1. The maximum absolute atomic E-state index is 12.4. The van der Waals surface area contributed by atoms with Gasteiger partial charge in [-0.25, -0.2) is 13.1 Å². The van der Waals surface area contributed by atoms with Gasteiger partial charge in [0.15, 0.2) is 0 Å². The van der Waals surface area contributed by atoms with Crippen LogP contribution >= 0.6 is 0 Å². The van der Waals surface area contributed by atoms with E-state index in [1.54, 1.807) is 32.9 Å². The lowest BCUT2D eigenvalue weighted by Crippen LogP contribution is -2.32. The van der Waals surface area contributed by atoms with Crippen molar-refractivity contribution in [2.45, 2.75) is 44.5 Å². The quantitative estimate of drug-likeness (QED) is 0.650. The number of carbonyl (C=O) groups is 1. The number of benzene rings is 2. The molecule has 0 saturated heterocycles. The van der Waals surface area contributed by atoms with E-state index in [0.717, 1.165) is 17.7 Å². The average Bonchev–Trinajstić information content (AvgIpc) is 2.62. The van der Waals surface area contributed by atoms with Gasteiger partial charge in [0.05, 0.1) is 10.9 Å². The molecule has 0 radical (unpaired) electrons. The van der Waals surface area contributed by atoms with Crippen molar-refractivity contribution >= 4 is 15.9 Å². The van der Waals surface area contributed by atoms with Gasteiger partial charge in [0.1, 0.15) is 5.75 Å². The van der Waals surface area contributed by atoms with Crippen LogP contribution in [0.3, 0.4) is 0 Å². The van der Waals surface area contributed by atoms with Gasteiger partial charge in [0.2, 0.25) is 15.9 Å². The first kappa shape index (κ1) is 23.7. The zero-order valence-corrected chi connectivity index (χ0v) is 17.5. The summed E-state index contributed by atoms with van der Waals surface area (Å²) < 4.78 is 67.7. The summed E-state index contributed by atoms with van der Waals surface area (Å²) in [4.78, 5) is 12.3. The number of aryl methyl sites for hydroxylation is 2. The molecule has 0 aromatic heterocycles. The SMILES string of the molecule is Cc1ccc(C)c(S(=O)(=O)NCCC(=O)NC(C)c2ccc(OC(F)(F)F)cc2)c1. The normalized spacial score (nSPS) is 13.0. The largest absolute Gasteiger partial charge is 0.573 e. The Morgan fingerprint density at radius 3 is 2.33 bits per heavy atom. The van der Waals surface area contributed by atoms with Crippen LogP contribution in [0.15, 0.2) is 47.4 Å². The van der Waals surface area contributed by atoms with Gasteiger partial charge in [-0.1, -0.05) is 24.3 Å². The third-order valence-corrected chi connectivity index (χ3v) is 5.87. The Kier molecular flexibility index (Phi) is 7.49. The summed E-state index contributed by atoms with van der Waals surface area (Å²) in [6.45, 7) is 5.05. The highest BCUT2D eigenvalue weighted by atomic mass is 32.2. The number of nitrogens with one attached hydrogen (secondary N) is 2. The van der Waals surface area contributed by atoms with E-state index < -0.39 is 28.3 Å². The third kappa shape index (κ3) is 7.03. The Morgan fingerprint density at radius 1 is 1.10 bits per heavy atom. The lowest BCUT2D eigenvalue weighted by Gasteiger charge is -2.16. The molecular formula is C20H23F3N2O4S. The maximum atomic E-state index is 12.4. The first-order valence-electron chi connectivity index (χ1n) is 9.09. The van der Waals surface area contributed by atoms with Crippen LogP contribution in [-0.2, 0) is 14.8 Å². The van der Waals surface area contributed by atoms with Gasteiger partial charge in [0, 0.05) is 13.0 Å². The number of halogens is 3. The highest BCUT2D eigenvalue weighted by Gasteiger charge is 2.31. The fourth-order valence-electron chi connectivity index (χ4n) is 2.73. The molecule has 2 aromatic carbocycles. The number of hydrogen-bond donors (Lipinski definition) is 2. The van der Waals surface area contributed by atoms with Gasteiger partial charge in [-0.3, -0.25) is 4.79 Å². The fourth-order valence-corrected chi connectivity index (χ4v) is 4.09. The first-order valence-corrected chi connectivity index (χ1v) is 10.6. The number of rotatable bonds is 8. The Bertz CT molecular complexity index is 990. The molecule has 0 fully saturated rings. The van der Waals surface area contributed by atoms with E-state index >= 15 is 0 Å². The smallest absolute Gasteiger partial charge is 0.406 e. The Hall–Kier alpha value is -2.59. The van der Waals surface area contributed by atoms with Crippen LogP contribution < -0.4 is 14.8 Å². The molecule has 0 saturated carbocycles. The van der Waals surface area contributed by atoms with E-state index in [1.807, 2.05) is 6.07 Å². The van der Waals surface area contributed by atoms with Crippen LogP contribution in [0, 0.1) is 13.8 Å². The molecule has 0 aliphatic rings. The van der Waals surface area contributed by atoms with Gasteiger partial charge >= 0.3 is 6.36 Å². The lowest BCUT2D eigenvalue weighted by molar-refractivity contribution is -0.274. The second-order valence-corrected chi connectivity index (χ2v) is 8.56. The van der Waals surface area contributed by atoms with Crippen molar-refractivity contribution in [3.63, 3.8) is 0 Å². The van der Waals surface area contributed by atoms with Crippen molar-refractivity contribution in [2.75, 3.05) is 6.54 Å². The standard InChI is InChI=1S/C20H23F3N2O4S/c1-13-4-5-14(2)18(12-13)30(27,28)24-11-10-19(26)25-15(3)16-6-8-17(9-7-16)29-20(21,22)23/h4-9,12,15,24H,10-11H2,1-3H3,(H,25,26). The molecule has 6 nitrogen and oxygen atoms in total. The highest BCUT2D eigenvalue weighted by molar-refractivity contribution is 7.89. The van der Waals surface area contributed by atoms with Crippen LogP contribution in [0.1, 0.15) is 36.1 Å². The van der Waals surface area contributed by atoms with Crippen LogP contribution in [0.4, 0.5) is 13.2 Å². The summed E-state index contributed by atoms with van der Waals surface area (Å²) in [5.74, 6) is -0.757. The summed E-state index contributed by atoms with van der Waals surface area (Å²) in [6, 6.07) is 9.74. The molecule has 1 amide bonds. The lowest BCUT2D eigenvalue weighted by atomic mass is 10.1. The number of carbonyl (C=O) groups excluding carboxylic acids is 1. The van der Waals surface area contributed by atoms with Gasteiger partial charge in [-0.2, -0.15) is 0 Å². The zero-order chi connectivity index (χ0) is 22.5. The zero-order valence-electron chi connectivity index (χ0n) is 16.7. The Balaban J connectivity index is 1.87. The summed E-state index contributed by atoms with van der Waals surface area (Å²) in [7, 11) is -3.75.